The number of amides is 2. The topological polar surface area (TPSA) is 105 Å². The summed E-state index contributed by atoms with van der Waals surface area (Å²) < 4.78 is 37.4. The van der Waals surface area contributed by atoms with Crippen LogP contribution in [0.1, 0.15) is 38.7 Å². The van der Waals surface area contributed by atoms with E-state index in [9.17, 15) is 18.0 Å². The third kappa shape index (κ3) is 8.15. The number of sulfonamides is 1. The van der Waals surface area contributed by atoms with E-state index in [0.717, 1.165) is 23.4 Å². The highest BCUT2D eigenvalue weighted by Gasteiger charge is 2.33. The molecule has 0 spiro atoms. The van der Waals surface area contributed by atoms with Crippen molar-refractivity contribution in [1.82, 2.24) is 10.2 Å². The molecule has 38 heavy (non-hydrogen) atoms. The molecule has 0 bridgehead atoms. The number of halogens is 2. The summed E-state index contributed by atoms with van der Waals surface area (Å²) in [4.78, 5) is 28.3. The van der Waals surface area contributed by atoms with Crippen molar-refractivity contribution < 1.29 is 27.5 Å². The Balaban J connectivity index is 2.55. The lowest BCUT2D eigenvalue weighted by Gasteiger charge is -2.33. The Labute approximate surface area is 235 Å². The number of hydrogen-bond acceptors (Lipinski definition) is 6. The van der Waals surface area contributed by atoms with E-state index in [2.05, 4.69) is 5.32 Å². The van der Waals surface area contributed by atoms with E-state index in [1.165, 1.54) is 25.2 Å². The molecule has 2 aromatic carbocycles. The highest BCUT2D eigenvalue weighted by atomic mass is 35.5. The van der Waals surface area contributed by atoms with Crippen LogP contribution in [0.5, 0.6) is 11.5 Å². The van der Waals surface area contributed by atoms with Crippen LogP contribution in [0.15, 0.2) is 36.4 Å². The lowest BCUT2D eigenvalue weighted by atomic mass is 10.1. The first-order valence-corrected chi connectivity index (χ1v) is 14.8. The maximum Gasteiger partial charge on any atom is 0.244 e. The predicted molar refractivity (Wildman–Crippen MR) is 151 cm³/mol. The average molecular weight is 589 g/mol. The average Bonchev–Trinajstić information content (AvgIpc) is 2.87. The number of rotatable bonds is 14. The second-order valence-electron chi connectivity index (χ2n) is 8.60. The van der Waals surface area contributed by atoms with Crippen molar-refractivity contribution in [3.63, 3.8) is 0 Å². The standard InChI is InChI=1S/C26H35Cl2N3O6S/c1-6-8-14-29-26(33)22(7-2)30(16-19-20(27)10-9-11-21(19)28)25(32)17-31(38(5,34)35)23-15-18(36-3)12-13-24(23)37-4/h9-13,15,22H,6-8,14,16-17H2,1-5H3,(H,29,33). The van der Waals surface area contributed by atoms with Gasteiger partial charge in [0.05, 0.1) is 26.2 Å². The number of anilines is 1. The Kier molecular flexibility index (Phi) is 12.0. The monoisotopic (exact) mass is 587 g/mol. The quantitative estimate of drug-likeness (QED) is 0.326. The van der Waals surface area contributed by atoms with Gasteiger partial charge in [-0.3, -0.25) is 13.9 Å². The fourth-order valence-corrected chi connectivity index (χ4v) is 5.23. The van der Waals surface area contributed by atoms with Crippen molar-refractivity contribution in [1.29, 1.82) is 0 Å². The lowest BCUT2D eigenvalue weighted by Crippen LogP contribution is -2.52. The zero-order valence-corrected chi connectivity index (χ0v) is 24.6. The molecule has 0 aliphatic carbocycles. The lowest BCUT2D eigenvalue weighted by molar-refractivity contribution is -0.140. The van der Waals surface area contributed by atoms with Crippen molar-refractivity contribution in [2.45, 2.75) is 45.7 Å². The molecule has 0 radical (unpaired) electrons. The fraction of sp³-hybridized carbons (Fsp3) is 0.462. The molecule has 0 aliphatic heterocycles. The summed E-state index contributed by atoms with van der Waals surface area (Å²) in [5, 5.41) is 3.52. The molecule has 0 fully saturated rings. The second kappa shape index (κ2) is 14.5. The molecule has 12 heteroatoms. The molecule has 0 saturated heterocycles. The maximum absolute atomic E-state index is 13.9. The van der Waals surface area contributed by atoms with Gasteiger partial charge in [-0.15, -0.1) is 0 Å². The van der Waals surface area contributed by atoms with Gasteiger partial charge < -0.3 is 19.7 Å². The highest BCUT2D eigenvalue weighted by molar-refractivity contribution is 7.92. The molecule has 0 aliphatic rings. The summed E-state index contributed by atoms with van der Waals surface area (Å²) >= 11 is 12.8. The molecule has 2 amide bonds. The van der Waals surface area contributed by atoms with E-state index in [1.54, 1.807) is 37.3 Å². The molecule has 0 saturated carbocycles. The van der Waals surface area contributed by atoms with Crippen molar-refractivity contribution in [2.75, 3.05) is 37.9 Å². The third-order valence-corrected chi connectivity index (χ3v) is 7.77. The van der Waals surface area contributed by atoms with Crippen LogP contribution in [0.25, 0.3) is 0 Å². The second-order valence-corrected chi connectivity index (χ2v) is 11.3. The summed E-state index contributed by atoms with van der Waals surface area (Å²) in [6.45, 7) is 3.55. The maximum atomic E-state index is 13.9. The SMILES string of the molecule is CCCCNC(=O)C(CC)N(Cc1c(Cl)cccc1Cl)C(=O)CN(c1cc(OC)ccc1OC)S(C)(=O)=O. The summed E-state index contributed by atoms with van der Waals surface area (Å²) in [5.41, 5.74) is 0.577. The Morgan fingerprint density at radius 3 is 2.24 bits per heavy atom. The molecule has 9 nitrogen and oxygen atoms in total. The molecular formula is C26H35Cl2N3O6S. The van der Waals surface area contributed by atoms with Crippen molar-refractivity contribution in [3.8, 4) is 11.5 Å². The van der Waals surface area contributed by atoms with E-state index in [4.69, 9.17) is 32.7 Å². The van der Waals surface area contributed by atoms with Crippen LogP contribution in [0.3, 0.4) is 0 Å². The van der Waals surface area contributed by atoms with Gasteiger partial charge >= 0.3 is 0 Å². The third-order valence-electron chi connectivity index (χ3n) is 5.94. The number of nitrogens with one attached hydrogen (secondary N) is 1. The van der Waals surface area contributed by atoms with Crippen LogP contribution in [0.2, 0.25) is 10.0 Å². The van der Waals surface area contributed by atoms with E-state index in [1.807, 2.05) is 6.92 Å². The zero-order valence-electron chi connectivity index (χ0n) is 22.3. The summed E-state index contributed by atoms with van der Waals surface area (Å²) in [7, 11) is -1.13. The van der Waals surface area contributed by atoms with Gasteiger partial charge in [0.15, 0.2) is 0 Å². The molecule has 1 unspecified atom stereocenters. The van der Waals surface area contributed by atoms with Crippen LogP contribution in [0, 0.1) is 0 Å². The van der Waals surface area contributed by atoms with Gasteiger partial charge in [0.25, 0.3) is 0 Å². The summed E-state index contributed by atoms with van der Waals surface area (Å²) in [6, 6.07) is 8.69. The first-order valence-electron chi connectivity index (χ1n) is 12.2. The van der Waals surface area contributed by atoms with Crippen molar-refractivity contribution in [2.24, 2.45) is 0 Å². The molecule has 1 N–H and O–H groups in total. The molecular weight excluding hydrogens is 553 g/mol. The first kappa shape index (κ1) is 31.5. The molecule has 2 rings (SSSR count). The number of unbranched alkanes of at least 4 members (excludes halogenated alkanes) is 1. The minimum absolute atomic E-state index is 0.0934. The molecule has 0 heterocycles. The van der Waals surface area contributed by atoms with E-state index < -0.39 is 28.5 Å². The number of ether oxygens (including phenoxy) is 2. The summed E-state index contributed by atoms with van der Waals surface area (Å²) in [5.74, 6) is -0.353. The number of hydrogen-bond donors (Lipinski definition) is 1. The molecule has 210 valence electrons. The van der Waals surface area contributed by atoms with Gasteiger partial charge in [-0.05, 0) is 37.1 Å². The Morgan fingerprint density at radius 1 is 1.05 bits per heavy atom. The summed E-state index contributed by atoms with van der Waals surface area (Å²) in [6.07, 6.45) is 2.95. The van der Waals surface area contributed by atoms with Gasteiger partial charge in [0.1, 0.15) is 24.1 Å². The normalized spacial score (nSPS) is 12.0. The fourth-order valence-electron chi connectivity index (χ4n) is 3.87. The number of nitrogens with zero attached hydrogens (tertiary/aromatic N) is 2. The van der Waals surface area contributed by atoms with Crippen molar-refractivity contribution >= 4 is 50.7 Å². The zero-order chi connectivity index (χ0) is 28.5. The smallest absolute Gasteiger partial charge is 0.244 e. The predicted octanol–water partition coefficient (Wildman–Crippen LogP) is 4.50. The van der Waals surface area contributed by atoms with Gasteiger partial charge in [0.2, 0.25) is 21.8 Å². The number of carbonyl (C=O) groups excluding carboxylic acids is 2. The molecule has 2 aromatic rings. The van der Waals surface area contributed by atoms with E-state index in [0.29, 0.717) is 27.9 Å². The van der Waals surface area contributed by atoms with Crippen LogP contribution >= 0.6 is 23.2 Å². The highest BCUT2D eigenvalue weighted by Crippen LogP contribution is 2.34. The van der Waals surface area contributed by atoms with Crippen LogP contribution in [-0.2, 0) is 26.2 Å². The van der Waals surface area contributed by atoms with Gasteiger partial charge in [0, 0.05) is 34.8 Å². The Bertz CT molecular complexity index is 1210. The van der Waals surface area contributed by atoms with Crippen LogP contribution in [0.4, 0.5) is 5.69 Å². The van der Waals surface area contributed by atoms with Crippen LogP contribution in [-0.4, -0.2) is 64.7 Å². The molecule has 1 atom stereocenters. The van der Waals surface area contributed by atoms with Crippen molar-refractivity contribution in [3.05, 3.63) is 52.0 Å². The van der Waals surface area contributed by atoms with Crippen LogP contribution < -0.4 is 19.1 Å². The minimum atomic E-state index is -3.97. The van der Waals surface area contributed by atoms with Gasteiger partial charge in [-0.2, -0.15) is 0 Å². The number of carbonyl (C=O) groups is 2. The molecule has 0 aromatic heterocycles. The Morgan fingerprint density at radius 2 is 1.71 bits per heavy atom. The number of methoxy groups -OCH3 is 2. The van der Waals surface area contributed by atoms with E-state index in [-0.39, 0.29) is 30.3 Å². The minimum Gasteiger partial charge on any atom is -0.497 e. The van der Waals surface area contributed by atoms with E-state index >= 15 is 0 Å². The number of benzene rings is 2. The largest absolute Gasteiger partial charge is 0.497 e. The van der Waals surface area contributed by atoms with Gasteiger partial charge in [-0.25, -0.2) is 8.42 Å². The first-order chi connectivity index (χ1) is 18.0. The Hall–Kier alpha value is -2.69. The van der Waals surface area contributed by atoms with Gasteiger partial charge in [-0.1, -0.05) is 49.5 Å².